The van der Waals surface area contributed by atoms with Gasteiger partial charge in [-0.3, -0.25) is 4.79 Å². The molecular weight excluding hydrogens is 208 g/mol. The first kappa shape index (κ1) is 11.6. The molecule has 1 aliphatic carbocycles. The van der Waals surface area contributed by atoms with E-state index in [1.165, 1.54) is 0 Å². The van der Waals surface area contributed by atoms with E-state index in [0.29, 0.717) is 6.61 Å². The summed E-state index contributed by atoms with van der Waals surface area (Å²) in [6.07, 6.45) is 4.38. The lowest BCUT2D eigenvalue weighted by Crippen LogP contribution is -2.38. The molecular formula is C12H18O4. The Morgan fingerprint density at radius 2 is 2.25 bits per heavy atom. The van der Waals surface area contributed by atoms with Crippen molar-refractivity contribution in [2.24, 2.45) is 5.92 Å². The van der Waals surface area contributed by atoms with E-state index in [2.05, 4.69) is 0 Å². The van der Waals surface area contributed by atoms with Gasteiger partial charge < -0.3 is 14.2 Å². The van der Waals surface area contributed by atoms with Gasteiger partial charge in [-0.25, -0.2) is 0 Å². The number of carbonyl (C=O) groups is 1. The molecule has 0 aromatic rings. The van der Waals surface area contributed by atoms with Gasteiger partial charge in [0.1, 0.15) is 12.0 Å². The zero-order valence-electron chi connectivity index (χ0n) is 9.93. The molecule has 0 saturated carbocycles. The van der Waals surface area contributed by atoms with Crippen molar-refractivity contribution in [2.75, 3.05) is 6.61 Å². The predicted molar refractivity (Wildman–Crippen MR) is 57.7 cm³/mol. The number of hydrogen-bond acceptors (Lipinski definition) is 4. The van der Waals surface area contributed by atoms with E-state index >= 15 is 0 Å². The van der Waals surface area contributed by atoms with Crippen LogP contribution in [0, 0.1) is 5.92 Å². The molecule has 1 saturated heterocycles. The summed E-state index contributed by atoms with van der Waals surface area (Å²) >= 11 is 0. The van der Waals surface area contributed by atoms with Crippen LogP contribution in [0.3, 0.4) is 0 Å². The molecule has 0 aromatic heterocycles. The summed E-state index contributed by atoms with van der Waals surface area (Å²) in [6, 6.07) is 0. The summed E-state index contributed by atoms with van der Waals surface area (Å²) in [5.41, 5.74) is 0. The van der Waals surface area contributed by atoms with Crippen LogP contribution in [0.1, 0.15) is 27.2 Å². The Kier molecular flexibility index (Phi) is 3.04. The van der Waals surface area contributed by atoms with Gasteiger partial charge in [0, 0.05) is 0 Å². The molecule has 0 spiro atoms. The van der Waals surface area contributed by atoms with Gasteiger partial charge in [0.2, 0.25) is 0 Å². The van der Waals surface area contributed by atoms with Crippen LogP contribution in [0.15, 0.2) is 12.2 Å². The van der Waals surface area contributed by atoms with Crippen molar-refractivity contribution in [1.82, 2.24) is 0 Å². The molecule has 2 rings (SSSR count). The van der Waals surface area contributed by atoms with Crippen LogP contribution in [-0.4, -0.2) is 30.6 Å². The normalized spacial score (nSPS) is 35.8. The van der Waals surface area contributed by atoms with E-state index in [-0.39, 0.29) is 24.1 Å². The molecule has 2 aliphatic rings. The summed E-state index contributed by atoms with van der Waals surface area (Å²) in [7, 11) is 0. The Labute approximate surface area is 95.6 Å². The predicted octanol–water partition coefficient (Wildman–Crippen LogP) is 1.65. The quantitative estimate of drug-likeness (QED) is 0.530. The molecule has 4 heteroatoms. The summed E-state index contributed by atoms with van der Waals surface area (Å²) in [4.78, 5) is 11.7. The zero-order valence-corrected chi connectivity index (χ0v) is 9.93. The van der Waals surface area contributed by atoms with E-state index in [1.54, 1.807) is 6.92 Å². The summed E-state index contributed by atoms with van der Waals surface area (Å²) in [6.45, 7) is 5.93. The molecule has 1 aliphatic heterocycles. The van der Waals surface area contributed by atoms with Crippen molar-refractivity contribution >= 4 is 5.97 Å². The third kappa shape index (κ3) is 2.13. The molecule has 1 heterocycles. The first-order chi connectivity index (χ1) is 7.53. The SMILES string of the molecule is CCOC(=O)C1C=CCC2OC(C)(C)OC21. The van der Waals surface area contributed by atoms with E-state index in [4.69, 9.17) is 14.2 Å². The van der Waals surface area contributed by atoms with Crippen LogP contribution >= 0.6 is 0 Å². The minimum atomic E-state index is -0.605. The lowest BCUT2D eigenvalue weighted by atomic mass is 9.90. The summed E-state index contributed by atoms with van der Waals surface area (Å²) < 4.78 is 16.5. The first-order valence-corrected chi connectivity index (χ1v) is 5.72. The molecule has 3 unspecified atom stereocenters. The Hall–Kier alpha value is -0.870. The number of carbonyl (C=O) groups excluding carboxylic acids is 1. The van der Waals surface area contributed by atoms with Crippen LogP contribution in [0.2, 0.25) is 0 Å². The van der Waals surface area contributed by atoms with Gasteiger partial charge in [-0.15, -0.1) is 0 Å². The Bertz CT molecular complexity index is 308. The highest BCUT2D eigenvalue weighted by Crippen LogP contribution is 2.37. The average molecular weight is 226 g/mol. The Morgan fingerprint density at radius 1 is 1.50 bits per heavy atom. The maximum Gasteiger partial charge on any atom is 0.315 e. The molecule has 0 aromatic carbocycles. The molecule has 1 fully saturated rings. The standard InChI is InChI=1S/C12H18O4/c1-4-14-11(13)8-6-5-7-9-10(8)16-12(2,3)15-9/h5-6,8-10H,4,7H2,1-3H3. The van der Waals surface area contributed by atoms with Crippen molar-refractivity contribution in [3.05, 3.63) is 12.2 Å². The largest absolute Gasteiger partial charge is 0.465 e. The molecule has 0 radical (unpaired) electrons. The molecule has 0 amide bonds. The van der Waals surface area contributed by atoms with Crippen molar-refractivity contribution in [1.29, 1.82) is 0 Å². The number of esters is 1. The Morgan fingerprint density at radius 3 is 2.94 bits per heavy atom. The molecule has 90 valence electrons. The highest BCUT2D eigenvalue weighted by atomic mass is 16.8. The van der Waals surface area contributed by atoms with E-state index in [0.717, 1.165) is 6.42 Å². The van der Waals surface area contributed by atoms with Crippen LogP contribution < -0.4 is 0 Å². The van der Waals surface area contributed by atoms with Gasteiger partial charge in [0.25, 0.3) is 0 Å². The lowest BCUT2D eigenvalue weighted by molar-refractivity contribution is -0.160. The highest BCUT2D eigenvalue weighted by Gasteiger charge is 2.47. The molecule has 4 nitrogen and oxygen atoms in total. The van der Waals surface area contributed by atoms with Crippen LogP contribution in [-0.2, 0) is 19.0 Å². The van der Waals surface area contributed by atoms with Gasteiger partial charge in [0.15, 0.2) is 5.79 Å². The fourth-order valence-corrected chi connectivity index (χ4v) is 2.27. The molecule has 3 atom stereocenters. The lowest BCUT2D eigenvalue weighted by Gasteiger charge is -2.25. The van der Waals surface area contributed by atoms with Gasteiger partial charge >= 0.3 is 5.97 Å². The van der Waals surface area contributed by atoms with Crippen molar-refractivity contribution < 1.29 is 19.0 Å². The maximum atomic E-state index is 11.7. The fourth-order valence-electron chi connectivity index (χ4n) is 2.27. The maximum absolute atomic E-state index is 11.7. The van der Waals surface area contributed by atoms with Crippen LogP contribution in [0.25, 0.3) is 0 Å². The second-order valence-electron chi connectivity index (χ2n) is 4.58. The molecule has 0 N–H and O–H groups in total. The third-order valence-corrected chi connectivity index (χ3v) is 2.85. The van der Waals surface area contributed by atoms with Gasteiger partial charge in [0.05, 0.1) is 12.7 Å². The van der Waals surface area contributed by atoms with Crippen molar-refractivity contribution in [2.45, 2.75) is 45.2 Å². The summed E-state index contributed by atoms with van der Waals surface area (Å²) in [5, 5.41) is 0. The third-order valence-electron chi connectivity index (χ3n) is 2.85. The van der Waals surface area contributed by atoms with Gasteiger partial charge in [-0.05, 0) is 27.2 Å². The number of rotatable bonds is 2. The van der Waals surface area contributed by atoms with E-state index in [1.807, 2.05) is 26.0 Å². The van der Waals surface area contributed by atoms with Gasteiger partial charge in [-0.1, -0.05) is 12.2 Å². The molecule has 16 heavy (non-hydrogen) atoms. The topological polar surface area (TPSA) is 44.8 Å². The second-order valence-corrected chi connectivity index (χ2v) is 4.58. The van der Waals surface area contributed by atoms with E-state index in [9.17, 15) is 4.79 Å². The smallest absolute Gasteiger partial charge is 0.315 e. The van der Waals surface area contributed by atoms with Crippen LogP contribution in [0.5, 0.6) is 0 Å². The first-order valence-electron chi connectivity index (χ1n) is 5.72. The minimum absolute atomic E-state index is 0.0330. The van der Waals surface area contributed by atoms with Crippen LogP contribution in [0.4, 0.5) is 0 Å². The fraction of sp³-hybridized carbons (Fsp3) is 0.750. The Balaban J connectivity index is 2.12. The summed E-state index contributed by atoms with van der Waals surface area (Å²) in [5.74, 6) is -1.17. The highest BCUT2D eigenvalue weighted by molar-refractivity contribution is 5.75. The minimum Gasteiger partial charge on any atom is -0.465 e. The number of ether oxygens (including phenoxy) is 3. The zero-order chi connectivity index (χ0) is 11.8. The second kappa shape index (κ2) is 4.18. The number of hydrogen-bond donors (Lipinski definition) is 0. The van der Waals surface area contributed by atoms with Gasteiger partial charge in [-0.2, -0.15) is 0 Å². The number of fused-ring (bicyclic) bond motifs is 1. The van der Waals surface area contributed by atoms with Crippen molar-refractivity contribution in [3.63, 3.8) is 0 Å². The van der Waals surface area contributed by atoms with E-state index < -0.39 is 5.79 Å². The molecule has 0 bridgehead atoms. The average Bonchev–Trinajstić information content (AvgIpc) is 2.51. The monoisotopic (exact) mass is 226 g/mol. The van der Waals surface area contributed by atoms with Crippen molar-refractivity contribution in [3.8, 4) is 0 Å².